The number of allylic oxidation sites excluding steroid dienone is 3. The number of ketones is 1. The minimum Gasteiger partial charge on any atom is -0.495 e. The van der Waals surface area contributed by atoms with Crippen molar-refractivity contribution >= 4 is 70.5 Å². The van der Waals surface area contributed by atoms with Crippen LogP contribution in [0.4, 0.5) is 10.5 Å². The molecule has 0 aromatic heterocycles. The molecule has 366 valence electrons. The van der Waals surface area contributed by atoms with E-state index in [-0.39, 0.29) is 72.4 Å². The largest absolute Gasteiger partial charge is 0.495 e. The maximum absolute atomic E-state index is 14.4. The van der Waals surface area contributed by atoms with Crippen molar-refractivity contribution in [3.05, 3.63) is 46.5 Å². The lowest BCUT2D eigenvalue weighted by Crippen LogP contribution is -2.65. The average molecular weight is 972 g/mol. The average Bonchev–Trinajstić information content (AvgIpc) is 3.81. The van der Waals surface area contributed by atoms with Crippen molar-refractivity contribution in [3.63, 3.8) is 0 Å². The van der Waals surface area contributed by atoms with Gasteiger partial charge in [-0.1, -0.05) is 42.3 Å². The summed E-state index contributed by atoms with van der Waals surface area (Å²) in [5.41, 5.74) is -2.75. The molecule has 9 atom stereocenters. The lowest BCUT2D eigenvalue weighted by atomic mass is 9.74. The number of methoxy groups -OCH3 is 2. The number of rotatable bonds is 9. The Labute approximate surface area is 400 Å². The Hall–Kier alpha value is -4.49. The van der Waals surface area contributed by atoms with Crippen molar-refractivity contribution in [2.45, 2.75) is 139 Å². The van der Waals surface area contributed by atoms with Gasteiger partial charge in [0.2, 0.25) is 23.6 Å². The van der Waals surface area contributed by atoms with Crippen LogP contribution in [0.5, 0.6) is 5.75 Å². The number of nitrogens with one attached hydrogen (secondary N) is 1. The third-order valence-electron chi connectivity index (χ3n) is 15.0. The fourth-order valence-electron chi connectivity index (χ4n) is 10.6. The van der Waals surface area contributed by atoms with Gasteiger partial charge in [0.25, 0.3) is 0 Å². The van der Waals surface area contributed by atoms with E-state index >= 15 is 0 Å². The molecule has 6 bridgehead atoms. The van der Waals surface area contributed by atoms with Gasteiger partial charge in [-0.25, -0.2) is 9.59 Å². The number of carbonyl (C=O) groups excluding carboxylic acids is 7. The number of amides is 5. The summed E-state index contributed by atoms with van der Waals surface area (Å²) in [6.07, 6.45) is 3.83. The predicted molar refractivity (Wildman–Crippen MR) is 247 cm³/mol. The summed E-state index contributed by atoms with van der Waals surface area (Å²) in [6, 6.07) is 2.39. The van der Waals surface area contributed by atoms with E-state index < -0.39 is 76.3 Å². The molecule has 1 aromatic carbocycles. The van der Waals surface area contributed by atoms with Crippen LogP contribution in [0.1, 0.15) is 91.5 Å². The highest BCUT2D eigenvalue weighted by Crippen LogP contribution is 2.59. The van der Waals surface area contributed by atoms with Crippen molar-refractivity contribution in [1.29, 1.82) is 0 Å². The Bertz CT molecular complexity index is 2230. The van der Waals surface area contributed by atoms with Crippen molar-refractivity contribution in [2.24, 2.45) is 17.8 Å². The highest BCUT2D eigenvalue weighted by molar-refractivity contribution is 8.00. The number of nitrogens with zero attached hydrogens (tertiary/aromatic N) is 3. The zero-order valence-electron chi connectivity index (χ0n) is 39.5. The molecule has 0 spiro atoms. The Kier molecular flexibility index (Phi) is 14.9. The number of esters is 1. The molecule has 67 heavy (non-hydrogen) atoms. The van der Waals surface area contributed by atoms with Gasteiger partial charge < -0.3 is 38.6 Å². The lowest BCUT2D eigenvalue weighted by molar-refractivity contribution is -0.166. The van der Waals surface area contributed by atoms with Gasteiger partial charge in [-0.3, -0.25) is 34.2 Å². The standard InChI is InChI=1S/C48H63ClN4O13S/c1-26-10-9-11-37(63-8)48(61)23-35(64-45(60)50-48)27(2)47-25-53(39(55)16-17-67-36-21-41(57)52(43(36)58)24-30-12-14-32(15-13-30)29(4)54)28(3)44(59)65-38(46(47,5)66-47)22-40(56)51(6)33-19-31(18-26)20-34(62-7)42(33)49/h9-11,19-20,27-28,30,32,35-38,61H,12-18,21-25H2,1-8H3,(H,50,60)/b11-9+,26-10+/t27-,28+,30?,32?,35+,36-,37-,38+,46+,47+,48+/m1/s1. The molecule has 5 aliphatic heterocycles. The molecule has 19 heteroatoms. The minimum atomic E-state index is -1.96. The number of alkyl carbamates (subject to hydrolysis) is 1. The molecule has 5 amide bonds. The molecule has 0 radical (unpaired) electrons. The Morgan fingerprint density at radius 3 is 2.42 bits per heavy atom. The van der Waals surface area contributed by atoms with E-state index in [9.17, 15) is 38.7 Å². The number of Topliss-reactive ketones (excluding diaryl/α,β-unsaturated/α-hetero) is 1. The zero-order valence-corrected chi connectivity index (χ0v) is 41.0. The summed E-state index contributed by atoms with van der Waals surface area (Å²) in [5.74, 6) is -2.20. The number of halogens is 1. The number of fused-ring (bicyclic) bond motifs is 4. The predicted octanol–water partition coefficient (Wildman–Crippen LogP) is 4.91. The fourth-order valence-corrected chi connectivity index (χ4v) is 12.0. The molecule has 5 heterocycles. The molecule has 1 saturated carbocycles. The van der Waals surface area contributed by atoms with Gasteiger partial charge >= 0.3 is 12.1 Å². The molecule has 5 fully saturated rings. The molecule has 2 N–H and O–H groups in total. The van der Waals surface area contributed by atoms with Gasteiger partial charge in [-0.2, -0.15) is 0 Å². The van der Waals surface area contributed by atoms with Crippen LogP contribution in [0.3, 0.4) is 0 Å². The normalized spacial score (nSPS) is 36.1. The Balaban J connectivity index is 1.15. The van der Waals surface area contributed by atoms with Crippen LogP contribution < -0.4 is 15.0 Å². The van der Waals surface area contributed by atoms with Crippen molar-refractivity contribution < 1.29 is 62.4 Å². The van der Waals surface area contributed by atoms with Crippen LogP contribution in [0.2, 0.25) is 5.02 Å². The first-order chi connectivity index (χ1) is 31.6. The monoisotopic (exact) mass is 970 g/mol. The summed E-state index contributed by atoms with van der Waals surface area (Å²) in [6.45, 7) is 8.61. The van der Waals surface area contributed by atoms with Crippen molar-refractivity contribution in [3.8, 4) is 5.75 Å². The van der Waals surface area contributed by atoms with Crippen LogP contribution in [-0.2, 0) is 54.1 Å². The molecular weight excluding hydrogens is 908 g/mol. The number of carbonyl (C=O) groups is 7. The SMILES string of the molecule is COc1cc2cc(c1Cl)N(C)C(=O)C[C@@H]1OC(=O)[C@H](C)N(C(=O)CCS[C@@H]3CC(=O)N(CC4CCC(C(C)=O)CC4)C3=O)C[C@]3(O[C@@]13C)[C@H](C)[C@@H]1C[C@@](O)(NC(=O)O1)[C@H](OC)/C=C/C=C(\C)C2. The van der Waals surface area contributed by atoms with E-state index in [1.54, 1.807) is 52.1 Å². The van der Waals surface area contributed by atoms with Gasteiger partial charge in [0.05, 0.1) is 31.0 Å². The zero-order chi connectivity index (χ0) is 48.7. The summed E-state index contributed by atoms with van der Waals surface area (Å²) in [7, 11) is 4.45. The van der Waals surface area contributed by atoms with Gasteiger partial charge in [-0.15, -0.1) is 11.8 Å². The molecular formula is C48H63ClN4O13S. The Morgan fingerprint density at radius 2 is 1.75 bits per heavy atom. The first-order valence-corrected chi connectivity index (χ1v) is 24.4. The number of hydrogen-bond donors (Lipinski definition) is 2. The fraction of sp³-hybridized carbons (Fsp3) is 0.646. The second-order valence-electron chi connectivity index (χ2n) is 19.2. The third-order valence-corrected chi connectivity index (χ3v) is 16.5. The molecule has 17 nitrogen and oxygen atoms in total. The number of hydrogen-bond acceptors (Lipinski definition) is 14. The van der Waals surface area contributed by atoms with Gasteiger partial charge in [-0.05, 0) is 83.4 Å². The summed E-state index contributed by atoms with van der Waals surface area (Å²) in [4.78, 5) is 98.7. The number of anilines is 1. The van der Waals surface area contributed by atoms with Gasteiger partial charge in [0, 0.05) is 57.6 Å². The summed E-state index contributed by atoms with van der Waals surface area (Å²) >= 11 is 8.03. The lowest BCUT2D eigenvalue weighted by Gasteiger charge is -2.45. The van der Waals surface area contributed by atoms with Crippen LogP contribution in [0, 0.1) is 17.8 Å². The van der Waals surface area contributed by atoms with Crippen molar-refractivity contribution in [2.75, 3.05) is 45.0 Å². The molecule has 7 rings (SSSR count). The topological polar surface area (TPSA) is 211 Å². The highest BCUT2D eigenvalue weighted by atomic mass is 35.5. The highest BCUT2D eigenvalue weighted by Gasteiger charge is 2.77. The first kappa shape index (κ1) is 50.4. The molecule has 0 unspecified atom stereocenters. The second-order valence-corrected chi connectivity index (χ2v) is 20.9. The first-order valence-electron chi connectivity index (χ1n) is 23.0. The van der Waals surface area contributed by atoms with E-state index in [1.807, 2.05) is 13.0 Å². The van der Waals surface area contributed by atoms with E-state index in [1.165, 1.54) is 47.6 Å². The van der Waals surface area contributed by atoms with E-state index in [4.69, 9.17) is 35.3 Å². The van der Waals surface area contributed by atoms with Gasteiger partial charge in [0.1, 0.15) is 52.1 Å². The Morgan fingerprint density at radius 1 is 1.03 bits per heavy atom. The van der Waals surface area contributed by atoms with Crippen LogP contribution in [0.25, 0.3) is 0 Å². The summed E-state index contributed by atoms with van der Waals surface area (Å²) < 4.78 is 30.1. The van der Waals surface area contributed by atoms with E-state index in [0.717, 1.165) is 36.8 Å². The maximum Gasteiger partial charge on any atom is 0.409 e. The molecule has 4 saturated heterocycles. The van der Waals surface area contributed by atoms with Crippen molar-refractivity contribution in [1.82, 2.24) is 15.1 Å². The third kappa shape index (κ3) is 10.0. The maximum atomic E-state index is 14.4. The smallest absolute Gasteiger partial charge is 0.409 e. The number of aliphatic hydroxyl groups is 1. The van der Waals surface area contributed by atoms with E-state index in [0.29, 0.717) is 24.4 Å². The molecule has 6 aliphatic rings. The second kappa shape index (κ2) is 19.9. The van der Waals surface area contributed by atoms with E-state index in [2.05, 4.69) is 5.32 Å². The molecule has 1 aromatic rings. The van der Waals surface area contributed by atoms with Crippen LogP contribution >= 0.6 is 23.4 Å². The van der Waals surface area contributed by atoms with Crippen LogP contribution in [-0.4, -0.2) is 143 Å². The number of benzene rings is 1. The van der Waals surface area contributed by atoms with Crippen LogP contribution in [0.15, 0.2) is 35.9 Å². The number of ether oxygens (including phenoxy) is 5. The number of thioether (sulfide) groups is 1. The number of epoxide rings is 1. The number of likely N-dealkylation sites (tertiary alicyclic amines) is 1. The quantitative estimate of drug-likeness (QED) is 0.191. The number of imide groups is 1. The minimum absolute atomic E-state index is 0.0115. The van der Waals surface area contributed by atoms with Gasteiger partial charge in [0.15, 0.2) is 5.72 Å². The molecule has 1 aliphatic carbocycles. The summed E-state index contributed by atoms with van der Waals surface area (Å²) in [5, 5.41) is 14.2.